The summed E-state index contributed by atoms with van der Waals surface area (Å²) in [5.41, 5.74) is 0.871. The SMILES string of the molecule is CCCCCCCCCc1cc([O-])cc(Oc2ccccc2S(=O)(=O)O)c1.[Na+]. The first-order valence-electron chi connectivity index (χ1n) is 9.45. The van der Waals surface area contributed by atoms with Gasteiger partial charge in [-0.2, -0.15) is 8.42 Å². The van der Waals surface area contributed by atoms with Crippen LogP contribution in [0.25, 0.3) is 0 Å². The van der Waals surface area contributed by atoms with Crippen molar-refractivity contribution in [2.45, 2.75) is 63.2 Å². The first-order chi connectivity index (χ1) is 12.9. The Bertz CT molecular complexity index is 836. The first kappa shape index (κ1) is 25.0. The van der Waals surface area contributed by atoms with Gasteiger partial charge in [0.25, 0.3) is 10.1 Å². The summed E-state index contributed by atoms with van der Waals surface area (Å²) in [5, 5.41) is 11.9. The van der Waals surface area contributed by atoms with E-state index in [4.69, 9.17) is 4.74 Å². The van der Waals surface area contributed by atoms with E-state index < -0.39 is 10.1 Å². The third kappa shape index (κ3) is 8.53. The van der Waals surface area contributed by atoms with Crippen molar-refractivity contribution < 1.29 is 52.4 Å². The molecule has 0 aliphatic rings. The van der Waals surface area contributed by atoms with Gasteiger partial charge in [-0.1, -0.05) is 63.6 Å². The molecule has 0 radical (unpaired) electrons. The standard InChI is InChI=1S/C21H28O5S.Na/c1-2-3-4-5-6-7-8-11-17-14-18(22)16-19(15-17)26-20-12-9-10-13-21(20)27(23,24)25;/h9-10,12-16,22H,2-8,11H2,1H3,(H,23,24,25);/q;+1/p-1. The maximum atomic E-state index is 11.9. The van der Waals surface area contributed by atoms with E-state index in [-0.39, 0.29) is 51.7 Å². The number of hydrogen-bond acceptors (Lipinski definition) is 4. The van der Waals surface area contributed by atoms with Crippen molar-refractivity contribution in [2.75, 3.05) is 0 Å². The summed E-state index contributed by atoms with van der Waals surface area (Å²) >= 11 is 0. The third-order valence-electron chi connectivity index (χ3n) is 4.36. The number of para-hydroxylation sites is 1. The summed E-state index contributed by atoms with van der Waals surface area (Å²) in [7, 11) is -4.40. The van der Waals surface area contributed by atoms with Gasteiger partial charge in [0.1, 0.15) is 16.4 Å². The van der Waals surface area contributed by atoms with Crippen molar-refractivity contribution in [1.82, 2.24) is 0 Å². The van der Waals surface area contributed by atoms with Gasteiger partial charge in [-0.3, -0.25) is 4.55 Å². The zero-order valence-electron chi connectivity index (χ0n) is 16.7. The van der Waals surface area contributed by atoms with Gasteiger partial charge in [-0.25, -0.2) is 0 Å². The van der Waals surface area contributed by atoms with Gasteiger partial charge in [0, 0.05) is 0 Å². The van der Waals surface area contributed by atoms with Crippen molar-refractivity contribution in [3.63, 3.8) is 0 Å². The van der Waals surface area contributed by atoms with E-state index in [1.165, 1.54) is 56.4 Å². The molecule has 0 aromatic heterocycles. The zero-order chi connectivity index (χ0) is 19.7. The van der Waals surface area contributed by atoms with Crippen molar-refractivity contribution >= 4 is 10.1 Å². The summed E-state index contributed by atoms with van der Waals surface area (Å²) in [6, 6.07) is 10.4. The third-order valence-corrected chi connectivity index (χ3v) is 5.26. The first-order valence-corrected chi connectivity index (χ1v) is 10.9. The molecular weight excluding hydrogens is 387 g/mol. The van der Waals surface area contributed by atoms with E-state index in [2.05, 4.69) is 6.92 Å². The van der Waals surface area contributed by atoms with E-state index >= 15 is 0 Å². The molecule has 0 saturated carbocycles. The molecule has 148 valence electrons. The molecule has 2 aromatic carbocycles. The Hall–Kier alpha value is -1.05. The fourth-order valence-corrected chi connectivity index (χ4v) is 3.61. The predicted molar refractivity (Wildman–Crippen MR) is 104 cm³/mol. The quantitative estimate of drug-likeness (QED) is 0.346. The van der Waals surface area contributed by atoms with E-state index in [9.17, 15) is 18.1 Å². The second-order valence-corrected chi connectivity index (χ2v) is 8.10. The van der Waals surface area contributed by atoms with Crippen molar-refractivity contribution in [2.24, 2.45) is 0 Å². The van der Waals surface area contributed by atoms with Crippen LogP contribution in [0.3, 0.4) is 0 Å². The van der Waals surface area contributed by atoms with Gasteiger partial charge < -0.3 is 9.84 Å². The molecule has 2 aromatic rings. The molecule has 0 spiro atoms. The van der Waals surface area contributed by atoms with Gasteiger partial charge in [0.05, 0.1) is 0 Å². The van der Waals surface area contributed by atoms with Crippen LogP contribution >= 0.6 is 0 Å². The Morgan fingerprint density at radius 2 is 1.61 bits per heavy atom. The minimum atomic E-state index is -4.40. The Kier molecular flexibility index (Phi) is 11.2. The van der Waals surface area contributed by atoms with Crippen LogP contribution in [0.15, 0.2) is 47.4 Å². The molecule has 0 fully saturated rings. The van der Waals surface area contributed by atoms with Crippen LogP contribution in [0.1, 0.15) is 57.4 Å². The Labute approximate surface area is 190 Å². The maximum Gasteiger partial charge on any atom is 1.00 e. The van der Waals surface area contributed by atoms with Crippen LogP contribution in [-0.2, 0) is 16.5 Å². The minimum absolute atomic E-state index is 0. The van der Waals surface area contributed by atoms with Gasteiger partial charge in [0.2, 0.25) is 0 Å². The zero-order valence-corrected chi connectivity index (χ0v) is 19.5. The fraction of sp³-hybridized carbons (Fsp3) is 0.429. The van der Waals surface area contributed by atoms with Gasteiger partial charge in [-0.15, -0.1) is 5.75 Å². The van der Waals surface area contributed by atoms with E-state index in [0.717, 1.165) is 24.8 Å². The minimum Gasteiger partial charge on any atom is -0.872 e. The smallest absolute Gasteiger partial charge is 0.872 e. The summed E-state index contributed by atoms with van der Waals surface area (Å²) in [4.78, 5) is -0.324. The molecule has 0 atom stereocenters. The molecule has 0 saturated heterocycles. The Morgan fingerprint density at radius 1 is 0.964 bits per heavy atom. The van der Waals surface area contributed by atoms with E-state index in [0.29, 0.717) is 0 Å². The van der Waals surface area contributed by atoms with Crippen molar-refractivity contribution in [3.8, 4) is 17.2 Å². The second kappa shape index (κ2) is 12.5. The summed E-state index contributed by atoms with van der Waals surface area (Å²) < 4.78 is 37.8. The monoisotopic (exact) mass is 414 g/mol. The number of unbranched alkanes of at least 4 members (excludes halogenated alkanes) is 6. The molecule has 0 unspecified atom stereocenters. The molecule has 28 heavy (non-hydrogen) atoms. The molecule has 7 heteroatoms. The maximum absolute atomic E-state index is 11.9. The molecule has 0 aliphatic heterocycles. The van der Waals surface area contributed by atoms with Crippen LogP contribution in [0.4, 0.5) is 0 Å². The molecule has 1 N–H and O–H groups in total. The number of benzene rings is 2. The van der Waals surface area contributed by atoms with Crippen LogP contribution < -0.4 is 39.4 Å². The summed E-state index contributed by atoms with van der Waals surface area (Å²) in [5.74, 6) is 0.0822. The molecule has 2 rings (SSSR count). The van der Waals surface area contributed by atoms with Crippen LogP contribution in [0.2, 0.25) is 0 Å². The molecular formula is C21H27NaO5S. The van der Waals surface area contributed by atoms with Crippen LogP contribution in [0, 0.1) is 0 Å². The van der Waals surface area contributed by atoms with Gasteiger partial charge >= 0.3 is 29.6 Å². The Balaban J connectivity index is 0.00000392. The number of ether oxygens (including phenoxy) is 1. The normalized spacial score (nSPS) is 11.1. The van der Waals surface area contributed by atoms with Crippen LogP contribution in [0.5, 0.6) is 17.2 Å². The molecule has 5 nitrogen and oxygen atoms in total. The van der Waals surface area contributed by atoms with Gasteiger partial charge in [0.15, 0.2) is 0 Å². The van der Waals surface area contributed by atoms with Gasteiger partial charge in [-0.05, 0) is 42.7 Å². The van der Waals surface area contributed by atoms with E-state index in [1.807, 2.05) is 0 Å². The molecule has 0 bridgehead atoms. The van der Waals surface area contributed by atoms with E-state index in [1.54, 1.807) is 18.2 Å². The molecule has 0 aliphatic carbocycles. The summed E-state index contributed by atoms with van der Waals surface area (Å²) in [6.07, 6.45) is 9.13. The summed E-state index contributed by atoms with van der Waals surface area (Å²) in [6.45, 7) is 2.20. The largest absolute Gasteiger partial charge is 1.00 e. The number of hydrogen-bond donors (Lipinski definition) is 1. The fourth-order valence-electron chi connectivity index (χ4n) is 2.99. The molecule has 0 amide bonds. The van der Waals surface area contributed by atoms with Crippen molar-refractivity contribution in [1.29, 1.82) is 0 Å². The number of rotatable bonds is 11. The average Bonchev–Trinajstić information content (AvgIpc) is 2.60. The molecule has 0 heterocycles. The number of aryl methyl sites for hydroxylation is 1. The van der Waals surface area contributed by atoms with Crippen LogP contribution in [-0.4, -0.2) is 13.0 Å². The average molecular weight is 414 g/mol. The predicted octanol–water partition coefficient (Wildman–Crippen LogP) is 2.10. The topological polar surface area (TPSA) is 86.7 Å². The van der Waals surface area contributed by atoms with Crippen molar-refractivity contribution in [3.05, 3.63) is 48.0 Å². The Morgan fingerprint density at radius 3 is 2.29 bits per heavy atom. The second-order valence-electron chi connectivity index (χ2n) is 6.71.